The molecule has 0 saturated carbocycles. The average Bonchev–Trinajstić information content (AvgIpc) is 3.18. The smallest absolute Gasteiger partial charge is 0.280 e. The number of carbonyl (C=O) groups excluding carboxylic acids is 1. The predicted octanol–water partition coefficient (Wildman–Crippen LogP) is 3.03. The van der Waals surface area contributed by atoms with E-state index in [-0.39, 0.29) is 28.6 Å². The third-order valence-corrected chi connectivity index (χ3v) is 4.99. The Morgan fingerprint density at radius 3 is 2.59 bits per heavy atom. The minimum absolute atomic E-state index is 0.0259. The van der Waals surface area contributed by atoms with Gasteiger partial charge in [-0.25, -0.2) is 24.0 Å². The number of hydrogen-bond acceptors (Lipinski definition) is 4. The van der Waals surface area contributed by atoms with Gasteiger partial charge in [0.05, 0.1) is 17.8 Å². The first-order valence-corrected chi connectivity index (χ1v) is 10.2. The van der Waals surface area contributed by atoms with Crippen LogP contribution in [0.4, 0.5) is 13.2 Å². The summed E-state index contributed by atoms with van der Waals surface area (Å²) in [6.45, 7) is 2.16. The van der Waals surface area contributed by atoms with Gasteiger partial charge in [0.2, 0.25) is 5.96 Å². The van der Waals surface area contributed by atoms with Gasteiger partial charge in [-0.15, -0.1) is 0 Å². The third kappa shape index (κ3) is 6.42. The number of carbonyl (C=O) groups is 1. The summed E-state index contributed by atoms with van der Waals surface area (Å²) in [7, 11) is 1.54. The molecule has 32 heavy (non-hydrogen) atoms. The zero-order valence-electron chi connectivity index (χ0n) is 17.4. The second kappa shape index (κ2) is 10.8. The van der Waals surface area contributed by atoms with E-state index in [1.165, 1.54) is 31.4 Å². The highest BCUT2D eigenvalue weighted by Gasteiger charge is 2.27. The number of guanidine groups is 1. The number of ether oxygens (including phenoxy) is 1. The summed E-state index contributed by atoms with van der Waals surface area (Å²) in [4.78, 5) is 16.6. The Morgan fingerprint density at radius 1 is 1.22 bits per heavy atom. The summed E-state index contributed by atoms with van der Waals surface area (Å²) < 4.78 is 45.9. The molecule has 0 spiro atoms. The van der Waals surface area contributed by atoms with Crippen LogP contribution in [0.5, 0.6) is 0 Å². The molecule has 3 atom stereocenters. The van der Waals surface area contributed by atoms with E-state index in [4.69, 9.17) is 16.3 Å². The monoisotopic (exact) mass is 469 g/mol. The van der Waals surface area contributed by atoms with Crippen LogP contribution in [-0.2, 0) is 4.74 Å². The van der Waals surface area contributed by atoms with Gasteiger partial charge in [0.15, 0.2) is 0 Å². The fraction of sp³-hybridized carbons (Fsp3) is 0.333. The summed E-state index contributed by atoms with van der Waals surface area (Å²) in [6.07, 6.45) is -0.0338. The standard InChI is InChI=1S/C21H23ClF3N5O2/c1-11(10-32-2)26-21(28-20(31)12-3-4-16(22)17(25)7-12)27-19-9-18(29-30-19)13-5-14(23)8-15(24)6-13/h3-8,11,18-19,29-30H,9-10H2,1-2H3,(H2,26,27,28,31)/t11-,18?,19?/m0/s1. The van der Waals surface area contributed by atoms with E-state index in [9.17, 15) is 18.0 Å². The van der Waals surface area contributed by atoms with Crippen molar-refractivity contribution in [2.75, 3.05) is 13.7 Å². The maximum Gasteiger partial charge on any atom is 0.280 e. The zero-order chi connectivity index (χ0) is 23.3. The zero-order valence-corrected chi connectivity index (χ0v) is 18.1. The molecule has 1 aliphatic rings. The molecule has 4 N–H and O–H groups in total. The van der Waals surface area contributed by atoms with Crippen molar-refractivity contribution in [3.8, 4) is 0 Å². The van der Waals surface area contributed by atoms with Gasteiger partial charge < -0.3 is 15.4 Å². The van der Waals surface area contributed by atoms with Crippen LogP contribution < -0.4 is 21.5 Å². The normalized spacial score (nSPS) is 19.6. The first-order valence-electron chi connectivity index (χ1n) is 9.82. The van der Waals surface area contributed by atoms with Gasteiger partial charge >= 0.3 is 0 Å². The van der Waals surface area contributed by atoms with Gasteiger partial charge in [0.25, 0.3) is 5.91 Å². The number of hydrogen-bond donors (Lipinski definition) is 4. The van der Waals surface area contributed by atoms with Crippen LogP contribution in [0.2, 0.25) is 5.02 Å². The molecule has 1 amide bonds. The molecule has 1 heterocycles. The number of amides is 1. The van der Waals surface area contributed by atoms with Crippen molar-refractivity contribution in [1.29, 1.82) is 0 Å². The van der Waals surface area contributed by atoms with Crippen molar-refractivity contribution < 1.29 is 22.7 Å². The Kier molecular flexibility index (Phi) is 8.08. The lowest BCUT2D eigenvalue weighted by molar-refractivity contribution is 0.100. The second-order valence-corrected chi connectivity index (χ2v) is 7.78. The molecule has 0 aliphatic carbocycles. The lowest BCUT2D eigenvalue weighted by Crippen LogP contribution is -2.52. The molecular formula is C21H23ClF3N5O2. The van der Waals surface area contributed by atoms with Crippen molar-refractivity contribution in [2.45, 2.75) is 31.6 Å². The summed E-state index contributed by atoms with van der Waals surface area (Å²) >= 11 is 5.67. The Bertz CT molecular complexity index is 987. The fourth-order valence-electron chi connectivity index (χ4n) is 3.24. The summed E-state index contributed by atoms with van der Waals surface area (Å²) in [6, 6.07) is 6.37. The van der Waals surface area contributed by atoms with Gasteiger partial charge in [0, 0.05) is 37.2 Å². The van der Waals surface area contributed by atoms with Crippen LogP contribution in [0, 0.1) is 17.5 Å². The van der Waals surface area contributed by atoms with Crippen molar-refractivity contribution in [1.82, 2.24) is 21.5 Å². The molecule has 0 aromatic heterocycles. The molecule has 2 aromatic carbocycles. The lowest BCUT2D eigenvalue weighted by Gasteiger charge is -2.20. The Labute approximate surface area is 188 Å². The summed E-state index contributed by atoms with van der Waals surface area (Å²) in [5.74, 6) is -2.63. The second-order valence-electron chi connectivity index (χ2n) is 7.37. The first-order chi connectivity index (χ1) is 15.2. The molecule has 1 aliphatic heterocycles. The van der Waals surface area contributed by atoms with Crippen molar-refractivity contribution in [3.63, 3.8) is 0 Å². The number of nitrogens with one attached hydrogen (secondary N) is 4. The van der Waals surface area contributed by atoms with Gasteiger partial charge in [-0.2, -0.15) is 4.99 Å². The largest absolute Gasteiger partial charge is 0.383 e. The Balaban J connectivity index is 1.74. The molecule has 172 valence electrons. The highest BCUT2D eigenvalue weighted by molar-refractivity contribution is 6.30. The number of halogens is 4. The molecule has 0 bridgehead atoms. The highest BCUT2D eigenvalue weighted by atomic mass is 35.5. The molecule has 2 unspecified atom stereocenters. The molecule has 11 heteroatoms. The van der Waals surface area contributed by atoms with Crippen LogP contribution in [0.25, 0.3) is 0 Å². The quantitative estimate of drug-likeness (QED) is 0.384. The van der Waals surface area contributed by atoms with E-state index in [0.29, 0.717) is 18.6 Å². The van der Waals surface area contributed by atoms with Crippen LogP contribution in [0.3, 0.4) is 0 Å². The first kappa shape index (κ1) is 24.0. The van der Waals surface area contributed by atoms with E-state index in [1.807, 2.05) is 6.92 Å². The highest BCUT2D eigenvalue weighted by Crippen LogP contribution is 2.23. The van der Waals surface area contributed by atoms with Gasteiger partial charge in [-0.1, -0.05) is 11.6 Å². The number of nitrogens with zero attached hydrogens (tertiary/aromatic N) is 1. The molecule has 3 rings (SSSR count). The summed E-state index contributed by atoms with van der Waals surface area (Å²) in [5, 5.41) is 5.97. The number of benzene rings is 2. The average molecular weight is 470 g/mol. The SMILES string of the molecule is COC[C@H](C)N/C(=N/C(=O)c1ccc(Cl)c(F)c1)NC1CC(c2cc(F)cc(F)c2)NN1. The predicted molar refractivity (Wildman–Crippen MR) is 115 cm³/mol. The van der Waals surface area contributed by atoms with Gasteiger partial charge in [-0.3, -0.25) is 4.79 Å². The lowest BCUT2D eigenvalue weighted by atomic mass is 10.0. The Hall–Kier alpha value is -2.66. The number of methoxy groups -OCH3 is 1. The molecule has 0 radical (unpaired) electrons. The number of rotatable bonds is 6. The van der Waals surface area contributed by atoms with Crippen LogP contribution >= 0.6 is 11.6 Å². The molecule has 2 aromatic rings. The fourth-order valence-corrected chi connectivity index (χ4v) is 3.35. The van der Waals surface area contributed by atoms with E-state index < -0.39 is 29.5 Å². The maximum atomic E-state index is 13.7. The van der Waals surface area contributed by atoms with E-state index >= 15 is 0 Å². The molecule has 1 saturated heterocycles. The third-order valence-electron chi connectivity index (χ3n) is 4.68. The summed E-state index contributed by atoms with van der Waals surface area (Å²) in [5.41, 5.74) is 6.38. The number of hydrazine groups is 1. The van der Waals surface area contributed by atoms with E-state index in [1.54, 1.807) is 0 Å². The molecule has 1 fully saturated rings. The van der Waals surface area contributed by atoms with Gasteiger partial charge in [-0.05, 0) is 42.8 Å². The number of aliphatic imine (C=N–C) groups is 1. The van der Waals surface area contributed by atoms with Crippen molar-refractivity contribution in [3.05, 3.63) is 70.0 Å². The van der Waals surface area contributed by atoms with Gasteiger partial charge in [0.1, 0.15) is 17.5 Å². The minimum atomic E-state index is -0.727. The van der Waals surface area contributed by atoms with E-state index in [0.717, 1.165) is 12.1 Å². The molecule has 7 nitrogen and oxygen atoms in total. The Morgan fingerprint density at radius 2 is 1.94 bits per heavy atom. The maximum absolute atomic E-state index is 13.7. The van der Waals surface area contributed by atoms with Crippen LogP contribution in [-0.4, -0.2) is 37.8 Å². The topological polar surface area (TPSA) is 86.8 Å². The van der Waals surface area contributed by atoms with E-state index in [2.05, 4.69) is 26.5 Å². The molecular weight excluding hydrogens is 447 g/mol. The minimum Gasteiger partial charge on any atom is -0.383 e. The van der Waals surface area contributed by atoms with Crippen LogP contribution in [0.1, 0.15) is 35.3 Å². The van der Waals surface area contributed by atoms with Crippen molar-refractivity contribution >= 4 is 23.5 Å². The van der Waals surface area contributed by atoms with Crippen LogP contribution in [0.15, 0.2) is 41.4 Å². The van der Waals surface area contributed by atoms with Crippen molar-refractivity contribution in [2.24, 2.45) is 4.99 Å².